The standard InChI is InChI=1S/C19H37O6P/c1-4-7-9-11-13-15-19(25-18(20)6-3,17-24-26(21,22)23)16-14-12-10-8-5-2/h6H,3-5,7-17H2,1-2H3,(H2,21,22,23). The van der Waals surface area contributed by atoms with Gasteiger partial charge in [0.1, 0.15) is 5.60 Å². The van der Waals surface area contributed by atoms with Crippen molar-refractivity contribution < 1.29 is 28.4 Å². The molecule has 0 saturated carbocycles. The van der Waals surface area contributed by atoms with Gasteiger partial charge in [0, 0.05) is 6.08 Å². The molecule has 0 aromatic rings. The van der Waals surface area contributed by atoms with Gasteiger partial charge < -0.3 is 14.5 Å². The van der Waals surface area contributed by atoms with Crippen LogP contribution in [0.4, 0.5) is 0 Å². The molecule has 7 heteroatoms. The molecule has 0 atom stereocenters. The smallest absolute Gasteiger partial charge is 0.453 e. The van der Waals surface area contributed by atoms with Crippen LogP contribution in [0.25, 0.3) is 0 Å². The molecule has 0 heterocycles. The van der Waals surface area contributed by atoms with Gasteiger partial charge in [-0.1, -0.05) is 71.8 Å². The van der Waals surface area contributed by atoms with E-state index in [4.69, 9.17) is 19.0 Å². The molecule has 0 rings (SSSR count). The third-order valence-corrected chi connectivity index (χ3v) is 4.92. The highest BCUT2D eigenvalue weighted by atomic mass is 31.2. The first-order valence-corrected chi connectivity index (χ1v) is 11.4. The van der Waals surface area contributed by atoms with Gasteiger partial charge in [0.25, 0.3) is 0 Å². The molecule has 0 bridgehead atoms. The van der Waals surface area contributed by atoms with Gasteiger partial charge in [-0.3, -0.25) is 4.52 Å². The number of phosphoric acid groups is 1. The molecule has 26 heavy (non-hydrogen) atoms. The summed E-state index contributed by atoms with van der Waals surface area (Å²) in [7, 11) is -4.63. The van der Waals surface area contributed by atoms with Gasteiger partial charge in [0.05, 0.1) is 6.61 Å². The van der Waals surface area contributed by atoms with Crippen molar-refractivity contribution in [2.45, 2.75) is 96.5 Å². The van der Waals surface area contributed by atoms with Crippen LogP contribution in [-0.4, -0.2) is 28.0 Å². The lowest BCUT2D eigenvalue weighted by Crippen LogP contribution is -2.39. The number of carbonyl (C=O) groups is 1. The van der Waals surface area contributed by atoms with E-state index in [0.29, 0.717) is 12.8 Å². The number of hydrogen-bond donors (Lipinski definition) is 2. The molecule has 154 valence electrons. The van der Waals surface area contributed by atoms with Crippen LogP contribution < -0.4 is 0 Å². The maximum atomic E-state index is 11.8. The lowest BCUT2D eigenvalue weighted by atomic mass is 9.90. The van der Waals surface area contributed by atoms with E-state index in [2.05, 4.69) is 20.4 Å². The van der Waals surface area contributed by atoms with Gasteiger partial charge in [-0.25, -0.2) is 9.36 Å². The van der Waals surface area contributed by atoms with Crippen LogP contribution in [0.2, 0.25) is 0 Å². The molecule has 2 N–H and O–H groups in total. The second-order valence-corrected chi connectivity index (χ2v) is 8.14. The quantitative estimate of drug-likeness (QED) is 0.151. The second-order valence-electron chi connectivity index (χ2n) is 6.90. The molecule has 0 fully saturated rings. The summed E-state index contributed by atoms with van der Waals surface area (Å²) >= 11 is 0. The summed E-state index contributed by atoms with van der Waals surface area (Å²) in [4.78, 5) is 30.0. The van der Waals surface area contributed by atoms with Gasteiger partial charge in [0.15, 0.2) is 0 Å². The molecule has 0 aliphatic carbocycles. The number of unbranched alkanes of at least 4 members (excludes halogenated alkanes) is 8. The van der Waals surface area contributed by atoms with Crippen molar-refractivity contribution in [1.82, 2.24) is 0 Å². The minimum Gasteiger partial charge on any atom is -0.453 e. The van der Waals surface area contributed by atoms with Gasteiger partial charge in [-0.15, -0.1) is 0 Å². The average molecular weight is 392 g/mol. The summed E-state index contributed by atoms with van der Waals surface area (Å²) in [6.45, 7) is 7.41. The Hall–Kier alpha value is -0.680. The summed E-state index contributed by atoms with van der Waals surface area (Å²) in [6.07, 6.45) is 12.5. The SMILES string of the molecule is C=CC(=O)OC(CCCCCCC)(CCCCCCC)COP(=O)(O)O. The largest absolute Gasteiger partial charge is 0.469 e. The highest BCUT2D eigenvalue weighted by molar-refractivity contribution is 7.46. The van der Waals surface area contributed by atoms with Gasteiger partial charge in [0.2, 0.25) is 0 Å². The molecule has 0 spiro atoms. The third-order valence-electron chi connectivity index (χ3n) is 4.45. The Morgan fingerprint density at radius 3 is 1.81 bits per heavy atom. The van der Waals surface area contributed by atoms with Crippen molar-refractivity contribution in [1.29, 1.82) is 0 Å². The van der Waals surface area contributed by atoms with Crippen LogP contribution in [0, 0.1) is 0 Å². The second kappa shape index (κ2) is 14.4. The summed E-state index contributed by atoms with van der Waals surface area (Å²) in [5.74, 6) is -0.582. The van der Waals surface area contributed by atoms with E-state index < -0.39 is 19.4 Å². The zero-order chi connectivity index (χ0) is 19.9. The van der Waals surface area contributed by atoms with Gasteiger partial charge in [-0.2, -0.15) is 0 Å². The van der Waals surface area contributed by atoms with E-state index in [0.717, 1.165) is 70.3 Å². The van der Waals surface area contributed by atoms with E-state index in [1.807, 2.05) is 0 Å². The van der Waals surface area contributed by atoms with Crippen LogP contribution in [-0.2, 0) is 18.6 Å². The van der Waals surface area contributed by atoms with Crippen molar-refractivity contribution in [3.05, 3.63) is 12.7 Å². The Bertz CT molecular complexity index is 418. The van der Waals surface area contributed by atoms with Crippen LogP contribution in [0.5, 0.6) is 0 Å². The Labute approximate surface area is 158 Å². The number of hydrogen-bond acceptors (Lipinski definition) is 4. The van der Waals surface area contributed by atoms with E-state index in [9.17, 15) is 9.36 Å². The number of rotatable bonds is 17. The Morgan fingerprint density at radius 1 is 0.962 bits per heavy atom. The fourth-order valence-electron chi connectivity index (χ4n) is 2.96. The van der Waals surface area contributed by atoms with Crippen molar-refractivity contribution in [2.24, 2.45) is 0 Å². The first-order chi connectivity index (χ1) is 12.3. The van der Waals surface area contributed by atoms with E-state index in [1.165, 1.54) is 0 Å². The summed E-state index contributed by atoms with van der Waals surface area (Å²) in [6, 6.07) is 0. The summed E-state index contributed by atoms with van der Waals surface area (Å²) in [5, 5.41) is 0. The molecular weight excluding hydrogens is 355 g/mol. The van der Waals surface area contributed by atoms with E-state index in [1.54, 1.807) is 0 Å². The zero-order valence-electron chi connectivity index (χ0n) is 16.5. The molecule has 0 unspecified atom stereocenters. The fourth-order valence-corrected chi connectivity index (χ4v) is 3.36. The number of ether oxygens (including phenoxy) is 1. The fraction of sp³-hybridized carbons (Fsp3) is 0.842. The first-order valence-electron chi connectivity index (χ1n) is 9.84. The topological polar surface area (TPSA) is 93.1 Å². The number of phosphoric ester groups is 1. The van der Waals surface area contributed by atoms with Crippen LogP contribution in [0.15, 0.2) is 12.7 Å². The number of esters is 1. The Morgan fingerprint density at radius 2 is 1.42 bits per heavy atom. The molecule has 0 aromatic heterocycles. The maximum Gasteiger partial charge on any atom is 0.469 e. The summed E-state index contributed by atoms with van der Waals surface area (Å²) < 4.78 is 21.5. The van der Waals surface area contributed by atoms with Crippen LogP contribution >= 0.6 is 7.82 Å². The molecule has 6 nitrogen and oxygen atoms in total. The molecule has 0 aliphatic rings. The summed E-state index contributed by atoms with van der Waals surface area (Å²) in [5.41, 5.74) is -1.01. The van der Waals surface area contributed by atoms with Crippen molar-refractivity contribution in [3.8, 4) is 0 Å². The number of carbonyl (C=O) groups excluding carboxylic acids is 1. The van der Waals surface area contributed by atoms with Crippen molar-refractivity contribution >= 4 is 13.8 Å². The monoisotopic (exact) mass is 392 g/mol. The average Bonchev–Trinajstić information content (AvgIpc) is 2.59. The molecule has 0 amide bonds. The Balaban J connectivity index is 4.96. The predicted octanol–water partition coefficient (Wildman–Crippen LogP) is 5.28. The third kappa shape index (κ3) is 13.5. The van der Waals surface area contributed by atoms with Crippen molar-refractivity contribution in [2.75, 3.05) is 6.61 Å². The van der Waals surface area contributed by atoms with Crippen LogP contribution in [0.3, 0.4) is 0 Å². The highest BCUT2D eigenvalue weighted by Crippen LogP contribution is 2.39. The van der Waals surface area contributed by atoms with Gasteiger partial charge >= 0.3 is 13.8 Å². The maximum absolute atomic E-state index is 11.8. The molecular formula is C19H37O6P. The molecule has 0 saturated heterocycles. The first kappa shape index (κ1) is 25.3. The van der Waals surface area contributed by atoms with Crippen LogP contribution in [0.1, 0.15) is 90.9 Å². The lowest BCUT2D eigenvalue weighted by Gasteiger charge is -2.33. The van der Waals surface area contributed by atoms with E-state index >= 15 is 0 Å². The minimum absolute atomic E-state index is 0.293. The highest BCUT2D eigenvalue weighted by Gasteiger charge is 2.36. The van der Waals surface area contributed by atoms with Gasteiger partial charge in [-0.05, 0) is 25.7 Å². The van der Waals surface area contributed by atoms with Crippen molar-refractivity contribution in [3.63, 3.8) is 0 Å². The molecule has 0 aliphatic heterocycles. The van der Waals surface area contributed by atoms with E-state index in [-0.39, 0.29) is 6.61 Å². The lowest BCUT2D eigenvalue weighted by molar-refractivity contribution is -0.160. The zero-order valence-corrected chi connectivity index (χ0v) is 17.3. The minimum atomic E-state index is -4.63. The molecule has 0 radical (unpaired) electrons. The normalized spacial score (nSPS) is 12.2. The Kier molecular flexibility index (Phi) is 14.0. The molecule has 0 aromatic carbocycles. The predicted molar refractivity (Wildman–Crippen MR) is 104 cm³/mol.